The van der Waals surface area contributed by atoms with Crippen LogP contribution in [0.5, 0.6) is 5.75 Å². The number of methoxy groups -OCH3 is 1. The predicted octanol–water partition coefficient (Wildman–Crippen LogP) is 1.74. The van der Waals surface area contributed by atoms with Crippen molar-refractivity contribution < 1.29 is 4.74 Å². The molecule has 0 atom stereocenters. The molecule has 0 bridgehead atoms. The number of anilines is 1. The van der Waals surface area contributed by atoms with Crippen LogP contribution in [0.2, 0.25) is 0 Å². The largest absolute Gasteiger partial charge is 0.495 e. The zero-order valence-electron chi connectivity index (χ0n) is 10.3. The minimum Gasteiger partial charge on any atom is -0.495 e. The van der Waals surface area contributed by atoms with E-state index in [0.29, 0.717) is 6.54 Å². The van der Waals surface area contributed by atoms with E-state index in [1.54, 1.807) is 11.8 Å². The predicted molar refractivity (Wildman–Crippen MR) is 66.1 cm³/mol. The fourth-order valence-electron chi connectivity index (χ4n) is 1.62. The average Bonchev–Trinajstić information content (AvgIpc) is 2.73. The van der Waals surface area contributed by atoms with Gasteiger partial charge in [0.15, 0.2) is 0 Å². The lowest BCUT2D eigenvalue weighted by atomic mass is 10.2. The van der Waals surface area contributed by atoms with Gasteiger partial charge in [0.05, 0.1) is 19.3 Å². The van der Waals surface area contributed by atoms with Gasteiger partial charge in [0.25, 0.3) is 0 Å². The van der Waals surface area contributed by atoms with Crippen molar-refractivity contribution in [2.75, 3.05) is 12.4 Å². The highest BCUT2D eigenvalue weighted by Gasteiger charge is 2.04. The molecule has 0 fully saturated rings. The van der Waals surface area contributed by atoms with Crippen LogP contribution >= 0.6 is 0 Å². The van der Waals surface area contributed by atoms with E-state index in [1.807, 2.05) is 32.3 Å². The lowest BCUT2D eigenvalue weighted by molar-refractivity contribution is 0.416. The Morgan fingerprint density at radius 2 is 2.24 bits per heavy atom. The third-order valence-electron chi connectivity index (χ3n) is 2.47. The maximum atomic E-state index is 5.29. The first kappa shape index (κ1) is 11.4. The summed E-state index contributed by atoms with van der Waals surface area (Å²) in [5, 5.41) is 11.2. The van der Waals surface area contributed by atoms with Crippen molar-refractivity contribution in [2.24, 2.45) is 7.05 Å². The van der Waals surface area contributed by atoms with E-state index in [0.717, 1.165) is 17.1 Å². The third kappa shape index (κ3) is 2.75. The molecule has 0 radical (unpaired) electrons. The molecule has 2 aromatic rings. The van der Waals surface area contributed by atoms with E-state index < -0.39 is 0 Å². The van der Waals surface area contributed by atoms with Gasteiger partial charge in [0, 0.05) is 13.2 Å². The van der Waals surface area contributed by atoms with Crippen molar-refractivity contribution in [3.63, 3.8) is 0 Å². The molecule has 2 rings (SSSR count). The number of nitrogens with one attached hydrogen (secondary N) is 1. The topological polar surface area (TPSA) is 52.0 Å². The first-order valence-electron chi connectivity index (χ1n) is 5.43. The van der Waals surface area contributed by atoms with Crippen LogP contribution in [0.1, 0.15) is 11.3 Å². The molecule has 17 heavy (non-hydrogen) atoms. The van der Waals surface area contributed by atoms with Gasteiger partial charge >= 0.3 is 0 Å². The Balaban J connectivity index is 2.10. The molecule has 0 spiro atoms. The Hall–Kier alpha value is -2.04. The molecular formula is C12H16N4O. The lowest BCUT2D eigenvalue weighted by Gasteiger charge is -2.10. The molecule has 5 heteroatoms. The minimum absolute atomic E-state index is 0.633. The molecule has 1 aromatic carbocycles. The van der Waals surface area contributed by atoms with Gasteiger partial charge in [-0.3, -0.25) is 4.68 Å². The number of ether oxygens (including phenoxy) is 1. The fraction of sp³-hybridized carbons (Fsp3) is 0.333. The van der Waals surface area contributed by atoms with Crippen LogP contribution in [0.25, 0.3) is 0 Å². The molecule has 0 aliphatic heterocycles. The first-order valence-corrected chi connectivity index (χ1v) is 5.43. The van der Waals surface area contributed by atoms with E-state index in [-0.39, 0.29) is 0 Å². The Morgan fingerprint density at radius 3 is 2.88 bits per heavy atom. The number of benzene rings is 1. The highest BCUT2D eigenvalue weighted by Crippen LogP contribution is 2.25. The molecule has 1 N–H and O–H groups in total. The van der Waals surface area contributed by atoms with Gasteiger partial charge in [0.1, 0.15) is 11.4 Å². The first-order chi connectivity index (χ1) is 8.19. The fourth-order valence-corrected chi connectivity index (χ4v) is 1.62. The van der Waals surface area contributed by atoms with Crippen LogP contribution in [0.4, 0.5) is 5.69 Å². The SMILES string of the molecule is COc1ccc(C)cc1NCc1cn(C)nn1. The van der Waals surface area contributed by atoms with E-state index in [9.17, 15) is 0 Å². The summed E-state index contributed by atoms with van der Waals surface area (Å²) < 4.78 is 6.98. The highest BCUT2D eigenvalue weighted by atomic mass is 16.5. The summed E-state index contributed by atoms with van der Waals surface area (Å²) in [5.74, 6) is 0.833. The molecular weight excluding hydrogens is 216 g/mol. The van der Waals surface area contributed by atoms with Crippen LogP contribution in [-0.2, 0) is 13.6 Å². The summed E-state index contributed by atoms with van der Waals surface area (Å²) in [5.41, 5.74) is 3.06. The van der Waals surface area contributed by atoms with Crippen LogP contribution in [0.3, 0.4) is 0 Å². The number of aromatic nitrogens is 3. The monoisotopic (exact) mass is 232 g/mol. The standard InChI is InChI=1S/C12H16N4O/c1-9-4-5-12(17-3)11(6-9)13-7-10-8-16(2)15-14-10/h4-6,8,13H,7H2,1-3H3. The Kier molecular flexibility index (Phi) is 3.27. The van der Waals surface area contributed by atoms with Gasteiger partial charge in [-0.25, -0.2) is 0 Å². The zero-order chi connectivity index (χ0) is 12.3. The lowest BCUT2D eigenvalue weighted by Crippen LogP contribution is -2.02. The van der Waals surface area contributed by atoms with Crippen molar-refractivity contribution in [2.45, 2.75) is 13.5 Å². The summed E-state index contributed by atoms with van der Waals surface area (Å²) in [7, 11) is 3.52. The van der Waals surface area contributed by atoms with Crippen molar-refractivity contribution in [3.8, 4) is 5.75 Å². The second-order valence-electron chi connectivity index (χ2n) is 3.94. The molecule has 0 unspecified atom stereocenters. The molecule has 0 saturated heterocycles. The summed E-state index contributed by atoms with van der Waals surface area (Å²) in [6.07, 6.45) is 1.88. The Bertz CT molecular complexity index is 507. The van der Waals surface area contributed by atoms with Crippen LogP contribution in [0.15, 0.2) is 24.4 Å². The molecule has 0 aliphatic carbocycles. The number of rotatable bonds is 4. The second kappa shape index (κ2) is 4.86. The maximum Gasteiger partial charge on any atom is 0.141 e. The van der Waals surface area contributed by atoms with Crippen molar-refractivity contribution in [1.29, 1.82) is 0 Å². The summed E-state index contributed by atoms with van der Waals surface area (Å²) in [6, 6.07) is 6.02. The van der Waals surface area contributed by atoms with E-state index >= 15 is 0 Å². The van der Waals surface area contributed by atoms with Crippen molar-refractivity contribution in [1.82, 2.24) is 15.0 Å². The van der Waals surface area contributed by atoms with Crippen LogP contribution < -0.4 is 10.1 Å². The molecule has 90 valence electrons. The van der Waals surface area contributed by atoms with Crippen molar-refractivity contribution in [3.05, 3.63) is 35.7 Å². The number of hydrogen-bond acceptors (Lipinski definition) is 4. The molecule has 0 amide bonds. The Labute approximate surface area is 100 Å². The number of hydrogen-bond donors (Lipinski definition) is 1. The highest BCUT2D eigenvalue weighted by molar-refractivity contribution is 5.57. The molecule has 1 heterocycles. The molecule has 0 saturated carbocycles. The van der Waals surface area contributed by atoms with Crippen molar-refractivity contribution >= 4 is 5.69 Å². The van der Waals surface area contributed by atoms with E-state index in [1.165, 1.54) is 5.56 Å². The minimum atomic E-state index is 0.633. The Morgan fingerprint density at radius 1 is 1.41 bits per heavy atom. The average molecular weight is 232 g/mol. The quantitative estimate of drug-likeness (QED) is 0.872. The number of aryl methyl sites for hydroxylation is 2. The summed E-state index contributed by atoms with van der Waals surface area (Å²) in [6.45, 7) is 2.68. The van der Waals surface area contributed by atoms with Crippen LogP contribution in [-0.4, -0.2) is 22.1 Å². The maximum absolute atomic E-state index is 5.29. The van der Waals surface area contributed by atoms with Gasteiger partial charge in [0.2, 0.25) is 0 Å². The van der Waals surface area contributed by atoms with E-state index in [4.69, 9.17) is 4.74 Å². The van der Waals surface area contributed by atoms with Gasteiger partial charge in [-0.2, -0.15) is 0 Å². The molecule has 5 nitrogen and oxygen atoms in total. The van der Waals surface area contributed by atoms with Gasteiger partial charge in [-0.1, -0.05) is 11.3 Å². The van der Waals surface area contributed by atoms with Crippen LogP contribution in [0, 0.1) is 6.92 Å². The normalized spacial score (nSPS) is 10.3. The van der Waals surface area contributed by atoms with Gasteiger partial charge in [-0.15, -0.1) is 5.10 Å². The third-order valence-corrected chi connectivity index (χ3v) is 2.47. The molecule has 1 aromatic heterocycles. The molecule has 0 aliphatic rings. The van der Waals surface area contributed by atoms with Gasteiger partial charge in [-0.05, 0) is 24.6 Å². The number of nitrogens with zero attached hydrogens (tertiary/aromatic N) is 3. The zero-order valence-corrected chi connectivity index (χ0v) is 10.3. The van der Waals surface area contributed by atoms with E-state index in [2.05, 4.69) is 21.7 Å². The second-order valence-corrected chi connectivity index (χ2v) is 3.94. The smallest absolute Gasteiger partial charge is 0.141 e. The summed E-state index contributed by atoms with van der Waals surface area (Å²) >= 11 is 0. The van der Waals surface area contributed by atoms with Gasteiger partial charge < -0.3 is 10.1 Å². The summed E-state index contributed by atoms with van der Waals surface area (Å²) in [4.78, 5) is 0.